The molecular formula is C16H22N4O3S3. The van der Waals surface area contributed by atoms with Crippen LogP contribution in [0.2, 0.25) is 0 Å². The lowest BCUT2D eigenvalue weighted by Crippen LogP contribution is -2.36. The summed E-state index contributed by atoms with van der Waals surface area (Å²) in [6, 6.07) is 7.53. The fourth-order valence-electron chi connectivity index (χ4n) is 2.01. The molecule has 0 saturated heterocycles. The van der Waals surface area contributed by atoms with Crippen molar-refractivity contribution in [3.8, 4) is 0 Å². The Kier molecular flexibility index (Phi) is 7.56. The van der Waals surface area contributed by atoms with Crippen molar-refractivity contribution in [1.29, 1.82) is 0 Å². The van der Waals surface area contributed by atoms with Crippen LogP contribution in [0.1, 0.15) is 24.5 Å². The first-order chi connectivity index (χ1) is 12.3. The van der Waals surface area contributed by atoms with E-state index in [9.17, 15) is 13.2 Å². The van der Waals surface area contributed by atoms with E-state index in [0.717, 1.165) is 38.2 Å². The summed E-state index contributed by atoms with van der Waals surface area (Å²) in [5.74, 6) is 0.492. The van der Waals surface area contributed by atoms with Gasteiger partial charge in [0.25, 0.3) is 0 Å². The van der Waals surface area contributed by atoms with Crippen LogP contribution in [0.5, 0.6) is 0 Å². The third kappa shape index (κ3) is 6.67. The molecule has 0 unspecified atom stereocenters. The molecule has 1 N–H and O–H groups in total. The lowest BCUT2D eigenvalue weighted by atomic mass is 10.1. The molecule has 0 aliphatic heterocycles. The fourth-order valence-corrected chi connectivity index (χ4v) is 4.44. The summed E-state index contributed by atoms with van der Waals surface area (Å²) in [5, 5.41) is 10.9. The van der Waals surface area contributed by atoms with E-state index in [1.54, 1.807) is 11.8 Å². The van der Waals surface area contributed by atoms with Gasteiger partial charge < -0.3 is 0 Å². The Balaban J connectivity index is 2.00. The minimum absolute atomic E-state index is 0.139. The van der Waals surface area contributed by atoms with Crippen LogP contribution in [0.4, 0.5) is 5.13 Å². The van der Waals surface area contributed by atoms with E-state index in [2.05, 4.69) is 22.4 Å². The Hall–Kier alpha value is -1.49. The van der Waals surface area contributed by atoms with E-state index in [4.69, 9.17) is 0 Å². The van der Waals surface area contributed by atoms with Gasteiger partial charge in [0.15, 0.2) is 4.34 Å². The highest BCUT2D eigenvalue weighted by Crippen LogP contribution is 2.25. The Morgan fingerprint density at radius 2 is 1.96 bits per heavy atom. The minimum atomic E-state index is -3.53. The molecule has 0 atom stereocenters. The fraction of sp³-hybridized carbons (Fsp3) is 0.438. The third-order valence-electron chi connectivity index (χ3n) is 3.35. The standard InChI is InChI=1S/C16H22N4O3S3/c1-4-9-24-16-19-18-15(25-16)17-14(21)11-20(26(3,22)23)10-13-7-5-12(2)6-8-13/h5-8H,4,9-11H2,1-3H3,(H,17,18,21). The van der Waals surface area contributed by atoms with Crippen molar-refractivity contribution in [2.45, 2.75) is 31.2 Å². The summed E-state index contributed by atoms with van der Waals surface area (Å²) in [4.78, 5) is 12.3. The molecule has 1 heterocycles. The number of aromatic nitrogens is 2. The van der Waals surface area contributed by atoms with E-state index in [1.165, 1.54) is 11.3 Å². The summed E-state index contributed by atoms with van der Waals surface area (Å²) in [6.45, 7) is 3.90. The Labute approximate surface area is 162 Å². The average molecular weight is 415 g/mol. The molecule has 2 aromatic rings. The van der Waals surface area contributed by atoms with Crippen molar-refractivity contribution in [3.63, 3.8) is 0 Å². The molecule has 7 nitrogen and oxygen atoms in total. The predicted octanol–water partition coefficient (Wildman–Crippen LogP) is 2.75. The first-order valence-electron chi connectivity index (χ1n) is 8.04. The SMILES string of the molecule is CCCSc1nnc(NC(=O)CN(Cc2ccc(C)cc2)S(C)(=O)=O)s1. The lowest BCUT2D eigenvalue weighted by molar-refractivity contribution is -0.116. The maximum atomic E-state index is 12.3. The highest BCUT2D eigenvalue weighted by atomic mass is 32.2. The zero-order chi connectivity index (χ0) is 19.2. The van der Waals surface area contributed by atoms with Crippen LogP contribution in [-0.2, 0) is 21.4 Å². The van der Waals surface area contributed by atoms with Crippen LogP contribution in [-0.4, -0.2) is 47.4 Å². The second-order valence-electron chi connectivity index (χ2n) is 5.79. The number of anilines is 1. The predicted molar refractivity (Wildman–Crippen MR) is 106 cm³/mol. The number of thioether (sulfide) groups is 1. The number of sulfonamides is 1. The summed E-state index contributed by atoms with van der Waals surface area (Å²) >= 11 is 2.86. The lowest BCUT2D eigenvalue weighted by Gasteiger charge is -2.19. The van der Waals surface area contributed by atoms with E-state index in [-0.39, 0.29) is 13.1 Å². The molecule has 2 rings (SSSR count). The number of aryl methyl sites for hydroxylation is 1. The van der Waals surface area contributed by atoms with Crippen molar-refractivity contribution in [3.05, 3.63) is 35.4 Å². The topological polar surface area (TPSA) is 92.3 Å². The maximum Gasteiger partial charge on any atom is 0.241 e. The summed E-state index contributed by atoms with van der Waals surface area (Å²) in [7, 11) is -3.53. The molecule has 0 saturated carbocycles. The quantitative estimate of drug-likeness (QED) is 0.501. The van der Waals surface area contributed by atoms with Gasteiger partial charge in [0.05, 0.1) is 12.8 Å². The smallest absolute Gasteiger partial charge is 0.241 e. The van der Waals surface area contributed by atoms with E-state index in [1.807, 2.05) is 31.2 Å². The van der Waals surface area contributed by atoms with Gasteiger partial charge >= 0.3 is 0 Å². The summed E-state index contributed by atoms with van der Waals surface area (Å²) < 4.78 is 26.0. The summed E-state index contributed by atoms with van der Waals surface area (Å²) in [6.07, 6.45) is 2.12. The van der Waals surface area contributed by atoms with Crippen molar-refractivity contribution >= 4 is 44.2 Å². The molecule has 0 radical (unpaired) electrons. The second kappa shape index (κ2) is 9.45. The maximum absolute atomic E-state index is 12.3. The van der Waals surface area contributed by atoms with Gasteiger partial charge in [-0.05, 0) is 18.9 Å². The molecule has 0 bridgehead atoms. The molecule has 1 aromatic heterocycles. The van der Waals surface area contributed by atoms with Crippen LogP contribution < -0.4 is 5.32 Å². The molecule has 10 heteroatoms. The highest BCUT2D eigenvalue weighted by Gasteiger charge is 2.21. The van der Waals surface area contributed by atoms with Crippen LogP contribution in [0.25, 0.3) is 0 Å². The first kappa shape index (κ1) is 20.8. The monoisotopic (exact) mass is 414 g/mol. The number of nitrogens with one attached hydrogen (secondary N) is 1. The number of amides is 1. The number of rotatable bonds is 9. The second-order valence-corrected chi connectivity index (χ2v) is 10.1. The number of carbonyl (C=O) groups excluding carboxylic acids is 1. The van der Waals surface area contributed by atoms with Crippen molar-refractivity contribution in [2.75, 3.05) is 23.9 Å². The number of benzene rings is 1. The summed E-state index contributed by atoms with van der Waals surface area (Å²) in [5.41, 5.74) is 1.91. The van der Waals surface area contributed by atoms with Crippen LogP contribution in [0, 0.1) is 6.92 Å². The molecule has 26 heavy (non-hydrogen) atoms. The van der Waals surface area contributed by atoms with Gasteiger partial charge in [0.2, 0.25) is 21.1 Å². The molecule has 142 valence electrons. The van der Waals surface area contributed by atoms with Gasteiger partial charge in [-0.2, -0.15) is 4.31 Å². The molecule has 1 aromatic carbocycles. The molecule has 0 fully saturated rings. The number of hydrogen-bond acceptors (Lipinski definition) is 7. The van der Waals surface area contributed by atoms with E-state index in [0.29, 0.717) is 5.13 Å². The van der Waals surface area contributed by atoms with Gasteiger partial charge in [-0.1, -0.05) is 59.9 Å². The molecule has 0 spiro atoms. The molecule has 0 aliphatic rings. The van der Waals surface area contributed by atoms with Crippen molar-refractivity contribution in [1.82, 2.24) is 14.5 Å². The van der Waals surface area contributed by atoms with E-state index < -0.39 is 15.9 Å². The number of nitrogens with zero attached hydrogens (tertiary/aromatic N) is 3. The Morgan fingerprint density at radius 3 is 2.58 bits per heavy atom. The van der Waals surface area contributed by atoms with Gasteiger partial charge in [-0.3, -0.25) is 10.1 Å². The van der Waals surface area contributed by atoms with Gasteiger partial charge in [0.1, 0.15) is 0 Å². The highest BCUT2D eigenvalue weighted by molar-refractivity contribution is 8.01. The molecule has 1 amide bonds. The zero-order valence-electron chi connectivity index (χ0n) is 14.9. The first-order valence-corrected chi connectivity index (χ1v) is 11.7. The van der Waals surface area contributed by atoms with Crippen LogP contribution in [0.3, 0.4) is 0 Å². The van der Waals surface area contributed by atoms with Gasteiger partial charge in [-0.25, -0.2) is 8.42 Å². The minimum Gasteiger partial charge on any atom is -0.299 e. The van der Waals surface area contributed by atoms with Crippen molar-refractivity contribution in [2.24, 2.45) is 0 Å². The number of hydrogen-bond donors (Lipinski definition) is 1. The largest absolute Gasteiger partial charge is 0.299 e. The zero-order valence-corrected chi connectivity index (χ0v) is 17.4. The van der Waals surface area contributed by atoms with E-state index >= 15 is 0 Å². The third-order valence-corrected chi connectivity index (χ3v) is 6.73. The van der Waals surface area contributed by atoms with Gasteiger partial charge in [0, 0.05) is 12.3 Å². The normalized spacial score (nSPS) is 11.7. The Bertz CT molecular complexity index is 835. The Morgan fingerprint density at radius 1 is 1.27 bits per heavy atom. The average Bonchev–Trinajstić information content (AvgIpc) is 3.00. The number of carbonyl (C=O) groups is 1. The molecular weight excluding hydrogens is 392 g/mol. The van der Waals surface area contributed by atoms with Crippen LogP contribution in [0.15, 0.2) is 28.6 Å². The van der Waals surface area contributed by atoms with Gasteiger partial charge in [-0.15, -0.1) is 10.2 Å². The van der Waals surface area contributed by atoms with Crippen molar-refractivity contribution < 1.29 is 13.2 Å². The van der Waals surface area contributed by atoms with Crippen LogP contribution >= 0.6 is 23.1 Å². The molecule has 0 aliphatic carbocycles.